The average Bonchev–Trinajstić information content (AvgIpc) is 1.72. The van der Waals surface area contributed by atoms with E-state index in [1.165, 1.54) is 177 Å². The Bertz CT molecular complexity index is 5840. The Morgan fingerprint density at radius 1 is 0.341 bits per heavy atom. The van der Waals surface area contributed by atoms with Crippen LogP contribution in [-0.2, 0) is 31.0 Å². The van der Waals surface area contributed by atoms with Crippen LogP contribution in [0.1, 0.15) is 71.8 Å². The molecular weight excluding hydrogens is 1660 g/mol. The zero-order chi connectivity index (χ0) is 87.6. The molecule has 123 heavy (non-hydrogen) atoms. The molecule has 10 heterocycles. The largest absolute Gasteiger partial charge is 0.573 e. The highest BCUT2D eigenvalue weighted by Crippen LogP contribution is 2.36. The molecule has 16 rings (SSSR count). The topological polar surface area (TPSA) is 367 Å². The third-order valence-electron chi connectivity index (χ3n) is 17.0. The van der Waals surface area contributed by atoms with Crippen molar-refractivity contribution in [3.8, 4) is 28.7 Å². The number of anilines is 10. The maximum absolute atomic E-state index is 12.3. The van der Waals surface area contributed by atoms with Gasteiger partial charge >= 0.3 is 31.8 Å². The minimum Gasteiger partial charge on any atom is -0.406 e. The molecule has 10 aromatic heterocycles. The predicted octanol–water partition coefficient (Wildman–Crippen LogP) is 18.2. The van der Waals surface area contributed by atoms with Crippen LogP contribution in [0, 0.1) is 0 Å². The van der Waals surface area contributed by atoms with Gasteiger partial charge in [0.15, 0.2) is 28.2 Å². The van der Waals surface area contributed by atoms with Crippen LogP contribution >= 0.6 is 0 Å². The van der Waals surface area contributed by atoms with E-state index in [1.54, 1.807) is 26.4 Å². The first kappa shape index (κ1) is 87.6. The van der Waals surface area contributed by atoms with Crippen LogP contribution < -0.4 is 56.0 Å². The van der Waals surface area contributed by atoms with Crippen molar-refractivity contribution in [2.24, 2.45) is 5.73 Å². The molecule has 15 aromatic rings. The number of benzene rings is 5. The molecule has 1 aliphatic carbocycles. The molecule has 1 amide bonds. The molecule has 0 aliphatic heterocycles. The molecule has 7 N–H and O–H groups in total. The molecule has 0 saturated heterocycles. The zero-order valence-electron chi connectivity index (χ0n) is 64.3. The van der Waals surface area contributed by atoms with Crippen molar-refractivity contribution >= 4 is 119 Å². The van der Waals surface area contributed by atoms with Crippen LogP contribution in [0.15, 0.2) is 184 Å². The molecule has 5 aromatic carbocycles. The molecule has 0 spiro atoms. The van der Waals surface area contributed by atoms with Gasteiger partial charge in [0.05, 0.1) is 33.0 Å². The summed E-state index contributed by atoms with van der Waals surface area (Å²) in [5, 5.41) is 40.3. The molecule has 0 radical (unpaired) electrons. The van der Waals surface area contributed by atoms with E-state index in [0.29, 0.717) is 104 Å². The van der Waals surface area contributed by atoms with Crippen molar-refractivity contribution in [3.63, 3.8) is 0 Å². The number of carbonyl (C=O) groups is 1. The van der Waals surface area contributed by atoms with E-state index in [0.717, 1.165) is 60.3 Å². The van der Waals surface area contributed by atoms with E-state index in [9.17, 15) is 70.7 Å². The summed E-state index contributed by atoms with van der Waals surface area (Å²) in [6.45, 7) is 8.15. The van der Waals surface area contributed by atoms with Crippen LogP contribution in [0.25, 0.3) is 55.2 Å². The number of ether oxygens (including phenoxy) is 5. The summed E-state index contributed by atoms with van der Waals surface area (Å²) < 4.78 is 210. The lowest BCUT2D eigenvalue weighted by atomic mass is 9.96. The number of nitrogens with one attached hydrogen (secondary N) is 5. The third kappa shape index (κ3) is 25.9. The smallest absolute Gasteiger partial charge is 0.406 e. The second-order valence-corrected chi connectivity index (χ2v) is 26.2. The molecule has 644 valence electrons. The molecule has 1 fully saturated rings. The summed E-state index contributed by atoms with van der Waals surface area (Å²) in [5.74, 6) is 0.527. The lowest BCUT2D eigenvalue weighted by Gasteiger charge is -2.21. The van der Waals surface area contributed by atoms with Gasteiger partial charge in [-0.05, 0) is 154 Å². The second kappa shape index (κ2) is 38.6. The highest BCUT2D eigenvalue weighted by Gasteiger charge is 2.35. The normalized spacial score (nSPS) is 12.5. The summed E-state index contributed by atoms with van der Waals surface area (Å²) in [7, 11) is 0. The van der Waals surface area contributed by atoms with Gasteiger partial charge in [-0.1, -0.05) is 33.1 Å². The van der Waals surface area contributed by atoms with Crippen molar-refractivity contribution < 1.29 is 94.3 Å². The number of primary amides is 1. The van der Waals surface area contributed by atoms with E-state index in [-0.39, 0.29) is 35.3 Å². The molecule has 0 unspecified atom stereocenters. The van der Waals surface area contributed by atoms with Crippen LogP contribution in [0.2, 0.25) is 0 Å². The number of rotatable bonds is 23. The molecule has 1 saturated carbocycles. The number of fused-ring (bicyclic) bond motifs is 5. The van der Waals surface area contributed by atoms with Crippen molar-refractivity contribution in [3.05, 3.63) is 184 Å². The fourth-order valence-electron chi connectivity index (χ4n) is 11.9. The molecule has 1 aliphatic rings. The van der Waals surface area contributed by atoms with Gasteiger partial charge in [0, 0.05) is 79.1 Å². The zero-order valence-corrected chi connectivity index (χ0v) is 64.3. The summed E-state index contributed by atoms with van der Waals surface area (Å²) in [5.41, 5.74) is 10.5. The standard InChI is InChI=1S/C18H18F3N5O.2C15H14F3N5O.C14H11F3N6O2.C14H12F3N5O/c19-18(20,21)27-14-8-6-12(7-9-14)24-16-15-10-26(13-4-2-1-3-5-13)25-17(15)23-11-22-16;2*1-2-7-23-8-12-13(19-9-20-14(12)22-23)21-10-3-5-11(6-4-10)24-15(16,17)18;15-14(16,17)25-9-3-1-8(2-4-9)21-12-10-5-23(6-11(18)24)22-13(10)20-7-19-12;1-2-22-7-11-12(18-8-19-13(11)21-22)20-9-3-5-10(6-4-9)23-14(15,16)17/h6-11,13H,1-5H2,(H,22,23,24,25);2*3-6,8-9H,2,7H2,1H3,(H,19,20,21,22);1-5,7H,6H2,(H2,18,24)(H,19,20,21,22);3-8H,2H2,1H3,(H,18,19,20,21). The number of aryl methyl sites for hydroxylation is 3. The number of alkyl halides is 15. The van der Waals surface area contributed by atoms with Gasteiger partial charge in [-0.25, -0.2) is 49.8 Å². The van der Waals surface area contributed by atoms with Crippen LogP contribution in [-0.4, -0.2) is 136 Å². The number of nitrogens with zero attached hydrogens (tertiary/aromatic N) is 20. The third-order valence-corrected chi connectivity index (χ3v) is 17.0. The number of aromatic nitrogens is 20. The fourth-order valence-corrected chi connectivity index (χ4v) is 11.9. The van der Waals surface area contributed by atoms with E-state index in [1.807, 2.05) is 44.0 Å². The number of carbonyl (C=O) groups excluding carboxylic acids is 1. The number of hydrogen-bond donors (Lipinski definition) is 6. The van der Waals surface area contributed by atoms with Gasteiger partial charge in [-0.3, -0.25) is 28.2 Å². The molecule has 0 bridgehead atoms. The van der Waals surface area contributed by atoms with Gasteiger partial charge in [0.25, 0.3) is 0 Å². The van der Waals surface area contributed by atoms with E-state index in [2.05, 4.69) is 126 Å². The summed E-state index contributed by atoms with van der Waals surface area (Å²) in [6, 6.07) is 27.3. The lowest BCUT2D eigenvalue weighted by Crippen LogP contribution is -2.18. The van der Waals surface area contributed by atoms with Crippen LogP contribution in [0.3, 0.4) is 0 Å². The van der Waals surface area contributed by atoms with Gasteiger partial charge in [0.2, 0.25) is 5.91 Å². The minimum atomic E-state index is -4.75. The first-order chi connectivity index (χ1) is 58.6. The lowest BCUT2D eigenvalue weighted by molar-refractivity contribution is -0.275. The van der Waals surface area contributed by atoms with Gasteiger partial charge < -0.3 is 56.0 Å². The Morgan fingerprint density at radius 2 is 0.585 bits per heavy atom. The summed E-state index contributed by atoms with van der Waals surface area (Å²) in [4.78, 5) is 52.3. The first-order valence-electron chi connectivity index (χ1n) is 37.0. The second-order valence-electron chi connectivity index (χ2n) is 26.2. The minimum absolute atomic E-state index is 0.112. The predicted molar refractivity (Wildman–Crippen MR) is 416 cm³/mol. The van der Waals surface area contributed by atoms with Crippen LogP contribution in [0.5, 0.6) is 28.7 Å². The van der Waals surface area contributed by atoms with Gasteiger partial charge in [-0.15, -0.1) is 65.9 Å². The monoisotopic (exact) mass is 1730 g/mol. The maximum atomic E-state index is 12.3. The van der Waals surface area contributed by atoms with Crippen molar-refractivity contribution in [1.82, 2.24) is 98.7 Å². The van der Waals surface area contributed by atoms with Gasteiger partial charge in [-0.2, -0.15) is 25.5 Å². The molecule has 0 atom stereocenters. The number of hydrogen-bond acceptors (Lipinski definition) is 26. The number of amides is 1. The van der Waals surface area contributed by atoms with E-state index >= 15 is 0 Å². The first-order valence-corrected chi connectivity index (χ1v) is 37.0. The van der Waals surface area contributed by atoms with Crippen molar-refractivity contribution in [2.45, 2.75) is 130 Å². The molecule has 47 heteroatoms. The molecular formula is C76H69F15N26O6. The van der Waals surface area contributed by atoms with Crippen molar-refractivity contribution in [2.75, 3.05) is 26.6 Å². The Hall–Kier alpha value is -14.7. The SMILES string of the molecule is CCCn1cc2c(Nc3ccc(OC(F)(F)F)cc3)ncnc2n1.CCCn1cc2c(Nc3ccc(OC(F)(F)F)cc3)ncnc2n1.CCn1cc2c(Nc3ccc(OC(F)(F)F)cc3)ncnc2n1.FC(F)(F)Oc1ccc(Nc2ncnc3nn(C4CCCCC4)cc23)cc1.NC(=O)Cn1cc2c(Nc3ccc(OC(F)(F)F)cc3)ncnc2n1. The van der Waals surface area contributed by atoms with Crippen LogP contribution in [0.4, 0.5) is 123 Å². The number of nitrogens with two attached hydrogens (primary N) is 1. The Balaban J connectivity index is 0.000000141. The van der Waals surface area contributed by atoms with Gasteiger partial charge in [0.1, 0.15) is 96.0 Å². The summed E-state index contributed by atoms with van der Waals surface area (Å²) in [6.07, 6.45) is -0.0462. The summed E-state index contributed by atoms with van der Waals surface area (Å²) >= 11 is 0. The van der Waals surface area contributed by atoms with E-state index < -0.39 is 37.7 Å². The van der Waals surface area contributed by atoms with E-state index in [4.69, 9.17) is 5.73 Å². The Morgan fingerprint density at radius 3 is 0.846 bits per heavy atom. The fraction of sp³-hybridized carbons (Fsp3) is 0.263. The maximum Gasteiger partial charge on any atom is 0.573 e. The quantitative estimate of drug-likeness (QED) is 0.0324. The average molecular weight is 1730 g/mol. The Labute approximate surface area is 684 Å². The van der Waals surface area contributed by atoms with Crippen molar-refractivity contribution in [1.29, 1.82) is 0 Å². The highest BCUT2D eigenvalue weighted by molar-refractivity contribution is 5.91. The molecule has 32 nitrogen and oxygen atoms in total. The highest BCUT2D eigenvalue weighted by atomic mass is 19.4. The number of halogens is 15. The Kier molecular flexibility index (Phi) is 27.4.